The topological polar surface area (TPSA) is 32.8 Å². The maximum Gasteiger partial charge on any atom is 0.253 e. The molecule has 2 aromatic rings. The molecule has 5 heteroatoms. The van der Waals surface area contributed by atoms with Crippen LogP contribution in [0.15, 0.2) is 48.5 Å². The Morgan fingerprint density at radius 1 is 1.00 bits per heavy atom. The van der Waals surface area contributed by atoms with Gasteiger partial charge in [-0.1, -0.05) is 23.7 Å². The van der Waals surface area contributed by atoms with E-state index in [9.17, 15) is 4.79 Å². The van der Waals surface area contributed by atoms with Gasteiger partial charge in [-0.2, -0.15) is 0 Å². The summed E-state index contributed by atoms with van der Waals surface area (Å²) in [5.41, 5.74) is 2.01. The zero-order valence-corrected chi connectivity index (χ0v) is 15.2. The second kappa shape index (κ2) is 8.37. The quantitative estimate of drug-likeness (QED) is 0.821. The molecule has 0 atom stereocenters. The van der Waals surface area contributed by atoms with Crippen LogP contribution >= 0.6 is 11.6 Å². The fraction of sp³-hybridized carbons (Fsp3) is 0.350. The summed E-state index contributed by atoms with van der Waals surface area (Å²) in [5.74, 6) is 0.864. The van der Waals surface area contributed by atoms with Crippen LogP contribution in [-0.2, 0) is 6.42 Å². The van der Waals surface area contributed by atoms with Gasteiger partial charge in [0.2, 0.25) is 0 Å². The highest BCUT2D eigenvalue weighted by atomic mass is 35.5. The summed E-state index contributed by atoms with van der Waals surface area (Å²) in [4.78, 5) is 16.9. The van der Waals surface area contributed by atoms with E-state index in [1.807, 2.05) is 41.3 Å². The van der Waals surface area contributed by atoms with Crippen molar-refractivity contribution < 1.29 is 9.53 Å². The number of methoxy groups -OCH3 is 1. The number of carbonyl (C=O) groups is 1. The standard InChI is InChI=1S/C20H23ClN2O2/c1-25-19-8-4-17(5-9-19)20(24)23-14-12-22(13-15-23)11-10-16-2-6-18(21)7-3-16/h2-9H,10-15H2,1H3. The van der Waals surface area contributed by atoms with Gasteiger partial charge in [-0.25, -0.2) is 0 Å². The van der Waals surface area contributed by atoms with Crippen molar-refractivity contribution in [3.05, 3.63) is 64.7 Å². The lowest BCUT2D eigenvalue weighted by Crippen LogP contribution is -2.49. The second-order valence-corrected chi connectivity index (χ2v) is 6.68. The first-order valence-electron chi connectivity index (χ1n) is 8.56. The van der Waals surface area contributed by atoms with E-state index in [2.05, 4.69) is 17.0 Å². The monoisotopic (exact) mass is 358 g/mol. The third-order valence-corrected chi connectivity index (χ3v) is 4.88. The van der Waals surface area contributed by atoms with E-state index in [0.717, 1.165) is 55.5 Å². The van der Waals surface area contributed by atoms with Crippen LogP contribution in [0.4, 0.5) is 0 Å². The highest BCUT2D eigenvalue weighted by molar-refractivity contribution is 6.30. The molecule has 0 aliphatic carbocycles. The van der Waals surface area contributed by atoms with E-state index in [-0.39, 0.29) is 5.91 Å². The molecule has 0 saturated carbocycles. The first-order chi connectivity index (χ1) is 12.2. The van der Waals surface area contributed by atoms with E-state index in [1.54, 1.807) is 7.11 Å². The summed E-state index contributed by atoms with van der Waals surface area (Å²) < 4.78 is 5.14. The lowest BCUT2D eigenvalue weighted by molar-refractivity contribution is 0.0638. The average molecular weight is 359 g/mol. The van der Waals surface area contributed by atoms with Crippen LogP contribution < -0.4 is 4.74 Å². The number of ether oxygens (including phenoxy) is 1. The van der Waals surface area contributed by atoms with Gasteiger partial charge in [0.1, 0.15) is 5.75 Å². The Kier molecular flexibility index (Phi) is 5.95. The molecule has 0 bridgehead atoms. The number of halogens is 1. The smallest absolute Gasteiger partial charge is 0.253 e. The Morgan fingerprint density at radius 3 is 2.24 bits per heavy atom. The molecular formula is C20H23ClN2O2. The van der Waals surface area contributed by atoms with Gasteiger partial charge < -0.3 is 9.64 Å². The van der Waals surface area contributed by atoms with Crippen LogP contribution in [0.2, 0.25) is 5.02 Å². The molecule has 0 spiro atoms. The van der Waals surface area contributed by atoms with E-state index < -0.39 is 0 Å². The molecule has 0 radical (unpaired) electrons. The molecule has 25 heavy (non-hydrogen) atoms. The third-order valence-electron chi connectivity index (χ3n) is 4.63. The number of rotatable bonds is 5. The van der Waals surface area contributed by atoms with Crippen molar-refractivity contribution in [2.45, 2.75) is 6.42 Å². The number of hydrogen-bond donors (Lipinski definition) is 0. The summed E-state index contributed by atoms with van der Waals surface area (Å²) in [6.45, 7) is 4.37. The number of hydrogen-bond acceptors (Lipinski definition) is 3. The molecule has 0 aromatic heterocycles. The van der Waals surface area contributed by atoms with Crippen LogP contribution in [-0.4, -0.2) is 55.5 Å². The molecule has 1 amide bonds. The maximum atomic E-state index is 12.6. The highest BCUT2D eigenvalue weighted by Crippen LogP contribution is 2.15. The fourth-order valence-corrected chi connectivity index (χ4v) is 3.16. The normalized spacial score (nSPS) is 15.2. The van der Waals surface area contributed by atoms with Gasteiger partial charge in [-0.15, -0.1) is 0 Å². The van der Waals surface area contributed by atoms with Crippen molar-refractivity contribution in [3.8, 4) is 5.75 Å². The number of benzene rings is 2. The van der Waals surface area contributed by atoms with Crippen molar-refractivity contribution in [3.63, 3.8) is 0 Å². The minimum atomic E-state index is 0.0972. The molecule has 1 heterocycles. The number of piperazine rings is 1. The molecule has 2 aromatic carbocycles. The molecule has 1 aliphatic heterocycles. The Balaban J connectivity index is 1.47. The van der Waals surface area contributed by atoms with Gasteiger partial charge in [-0.3, -0.25) is 9.69 Å². The maximum absolute atomic E-state index is 12.6. The highest BCUT2D eigenvalue weighted by Gasteiger charge is 2.21. The molecule has 0 N–H and O–H groups in total. The Bertz CT molecular complexity index is 693. The van der Waals surface area contributed by atoms with Crippen LogP contribution in [0.3, 0.4) is 0 Å². The lowest BCUT2D eigenvalue weighted by Gasteiger charge is -2.34. The van der Waals surface area contributed by atoms with Gasteiger partial charge in [0.05, 0.1) is 7.11 Å². The van der Waals surface area contributed by atoms with Gasteiger partial charge in [-0.05, 0) is 48.4 Å². The Hall–Kier alpha value is -2.04. The van der Waals surface area contributed by atoms with Crippen LogP contribution in [0.1, 0.15) is 15.9 Å². The predicted molar refractivity (Wildman–Crippen MR) is 100 cm³/mol. The molecule has 132 valence electrons. The molecule has 1 fully saturated rings. The number of carbonyl (C=O) groups excluding carboxylic acids is 1. The summed E-state index contributed by atoms with van der Waals surface area (Å²) in [5, 5.41) is 0.773. The summed E-state index contributed by atoms with van der Waals surface area (Å²) >= 11 is 5.92. The van der Waals surface area contributed by atoms with Crippen molar-refractivity contribution in [1.29, 1.82) is 0 Å². The zero-order chi connectivity index (χ0) is 17.6. The van der Waals surface area contributed by atoms with E-state index >= 15 is 0 Å². The van der Waals surface area contributed by atoms with Gasteiger partial charge >= 0.3 is 0 Å². The first kappa shape index (κ1) is 17.8. The van der Waals surface area contributed by atoms with Gasteiger partial charge in [0.25, 0.3) is 5.91 Å². The number of amides is 1. The Labute approximate surface area is 154 Å². The van der Waals surface area contributed by atoms with Crippen LogP contribution in [0.5, 0.6) is 5.75 Å². The predicted octanol–water partition coefficient (Wildman–Crippen LogP) is 3.35. The minimum Gasteiger partial charge on any atom is -0.497 e. The van der Waals surface area contributed by atoms with E-state index in [1.165, 1.54) is 5.56 Å². The molecular weight excluding hydrogens is 336 g/mol. The largest absolute Gasteiger partial charge is 0.497 e. The average Bonchev–Trinajstić information content (AvgIpc) is 2.67. The van der Waals surface area contributed by atoms with Crippen LogP contribution in [0.25, 0.3) is 0 Å². The summed E-state index contributed by atoms with van der Waals surface area (Å²) in [6, 6.07) is 15.3. The number of nitrogens with zero attached hydrogens (tertiary/aromatic N) is 2. The molecule has 1 aliphatic rings. The van der Waals surface area contributed by atoms with E-state index in [0.29, 0.717) is 0 Å². The van der Waals surface area contributed by atoms with E-state index in [4.69, 9.17) is 16.3 Å². The summed E-state index contributed by atoms with van der Waals surface area (Å²) in [7, 11) is 1.63. The molecule has 4 nitrogen and oxygen atoms in total. The SMILES string of the molecule is COc1ccc(C(=O)N2CCN(CCc3ccc(Cl)cc3)CC2)cc1. The summed E-state index contributed by atoms with van der Waals surface area (Å²) in [6.07, 6.45) is 1.00. The van der Waals surface area contributed by atoms with Crippen molar-refractivity contribution in [1.82, 2.24) is 9.80 Å². The zero-order valence-electron chi connectivity index (χ0n) is 14.5. The van der Waals surface area contributed by atoms with Crippen molar-refractivity contribution in [2.24, 2.45) is 0 Å². The van der Waals surface area contributed by atoms with Crippen LogP contribution in [0, 0.1) is 0 Å². The third kappa shape index (κ3) is 4.74. The Morgan fingerprint density at radius 2 is 1.64 bits per heavy atom. The lowest BCUT2D eigenvalue weighted by atomic mass is 10.1. The fourth-order valence-electron chi connectivity index (χ4n) is 3.03. The van der Waals surface area contributed by atoms with Crippen molar-refractivity contribution in [2.75, 3.05) is 39.8 Å². The van der Waals surface area contributed by atoms with Crippen molar-refractivity contribution >= 4 is 17.5 Å². The minimum absolute atomic E-state index is 0.0972. The molecule has 3 rings (SSSR count). The second-order valence-electron chi connectivity index (χ2n) is 6.24. The first-order valence-corrected chi connectivity index (χ1v) is 8.93. The van der Waals surface area contributed by atoms with Gasteiger partial charge in [0.15, 0.2) is 0 Å². The molecule has 0 unspecified atom stereocenters. The molecule has 1 saturated heterocycles. The van der Waals surface area contributed by atoms with Gasteiger partial charge in [0, 0.05) is 43.3 Å².